The molecule has 4 rings (SSSR count). The van der Waals surface area contributed by atoms with Crippen molar-refractivity contribution in [2.75, 3.05) is 25.0 Å². The quantitative estimate of drug-likeness (QED) is 0.560. The fourth-order valence-corrected chi connectivity index (χ4v) is 4.12. The lowest BCUT2D eigenvalue weighted by molar-refractivity contribution is -0.136. The van der Waals surface area contributed by atoms with Crippen LogP contribution >= 0.6 is 11.6 Å². The average molecular weight is 464 g/mol. The molecule has 1 N–H and O–H groups in total. The second-order valence-corrected chi connectivity index (χ2v) is 8.57. The smallest absolute Gasteiger partial charge is 0.260 e. The summed E-state index contributed by atoms with van der Waals surface area (Å²) in [5.74, 6) is 0.725. The summed E-state index contributed by atoms with van der Waals surface area (Å²) < 4.78 is 5.70. The van der Waals surface area contributed by atoms with Gasteiger partial charge in [-0.3, -0.25) is 9.59 Å². The molecule has 0 atom stereocenters. The Labute approximate surface area is 198 Å². The molecule has 0 radical (unpaired) electrons. The van der Waals surface area contributed by atoms with Gasteiger partial charge >= 0.3 is 0 Å². The van der Waals surface area contributed by atoms with Gasteiger partial charge in [0, 0.05) is 25.2 Å². The van der Waals surface area contributed by atoms with E-state index in [1.807, 2.05) is 61.5 Å². The SMILES string of the molecule is Cc1ccnc(NC(=O)C2CCN(C(=O)COc3ccc(-c4ccccc4)cc3Cl)CC2)c1. The number of likely N-dealkylation sites (tertiary alicyclic amines) is 1. The molecule has 6 nitrogen and oxygen atoms in total. The molecule has 0 saturated carbocycles. The number of aryl methyl sites for hydroxylation is 1. The number of anilines is 1. The molecule has 2 heterocycles. The first-order chi connectivity index (χ1) is 16.0. The van der Waals surface area contributed by atoms with Crippen molar-refractivity contribution < 1.29 is 14.3 Å². The Morgan fingerprint density at radius 1 is 1.06 bits per heavy atom. The summed E-state index contributed by atoms with van der Waals surface area (Å²) in [4.78, 5) is 31.1. The van der Waals surface area contributed by atoms with Crippen LogP contribution in [0.5, 0.6) is 5.75 Å². The monoisotopic (exact) mass is 463 g/mol. The first-order valence-electron chi connectivity index (χ1n) is 11.0. The number of amides is 2. The molecule has 2 amide bonds. The lowest BCUT2D eigenvalue weighted by atomic mass is 9.96. The Balaban J connectivity index is 1.26. The molecule has 3 aromatic rings. The van der Waals surface area contributed by atoms with Crippen LogP contribution < -0.4 is 10.1 Å². The molecule has 0 bridgehead atoms. The lowest BCUT2D eigenvalue weighted by Gasteiger charge is -2.31. The third kappa shape index (κ3) is 5.90. The van der Waals surface area contributed by atoms with E-state index in [9.17, 15) is 9.59 Å². The fraction of sp³-hybridized carbons (Fsp3) is 0.269. The van der Waals surface area contributed by atoms with Crippen molar-refractivity contribution >= 4 is 29.2 Å². The zero-order valence-electron chi connectivity index (χ0n) is 18.5. The van der Waals surface area contributed by atoms with Gasteiger partial charge in [-0.05, 0) is 60.7 Å². The second kappa shape index (κ2) is 10.5. The van der Waals surface area contributed by atoms with Crippen molar-refractivity contribution in [2.24, 2.45) is 5.92 Å². The number of ether oxygens (including phenoxy) is 1. The van der Waals surface area contributed by atoms with Gasteiger partial charge in [-0.25, -0.2) is 4.98 Å². The summed E-state index contributed by atoms with van der Waals surface area (Å²) in [5.41, 5.74) is 3.09. The number of pyridine rings is 1. The summed E-state index contributed by atoms with van der Waals surface area (Å²) in [7, 11) is 0. The van der Waals surface area contributed by atoms with Crippen molar-refractivity contribution in [3.63, 3.8) is 0 Å². The molecule has 1 aliphatic heterocycles. The van der Waals surface area contributed by atoms with E-state index in [0.29, 0.717) is 42.5 Å². The van der Waals surface area contributed by atoms with Crippen molar-refractivity contribution in [2.45, 2.75) is 19.8 Å². The largest absolute Gasteiger partial charge is 0.482 e. The number of hydrogen-bond acceptors (Lipinski definition) is 4. The third-order valence-electron chi connectivity index (χ3n) is 5.78. The minimum atomic E-state index is -0.141. The second-order valence-electron chi connectivity index (χ2n) is 8.16. The van der Waals surface area contributed by atoms with Gasteiger partial charge in [0.25, 0.3) is 5.91 Å². The van der Waals surface area contributed by atoms with Gasteiger partial charge in [0.2, 0.25) is 5.91 Å². The van der Waals surface area contributed by atoms with Gasteiger partial charge in [-0.1, -0.05) is 48.0 Å². The number of piperidine rings is 1. The van der Waals surface area contributed by atoms with Crippen LogP contribution in [-0.4, -0.2) is 41.4 Å². The predicted octanol–water partition coefficient (Wildman–Crippen LogP) is 4.97. The number of carbonyl (C=O) groups excluding carboxylic acids is 2. The number of halogens is 1. The van der Waals surface area contributed by atoms with Gasteiger partial charge in [0.1, 0.15) is 11.6 Å². The zero-order chi connectivity index (χ0) is 23.2. The number of aromatic nitrogens is 1. The van der Waals surface area contributed by atoms with E-state index in [4.69, 9.17) is 16.3 Å². The maximum absolute atomic E-state index is 12.6. The van der Waals surface area contributed by atoms with Crippen LogP contribution in [0.3, 0.4) is 0 Å². The van der Waals surface area contributed by atoms with Crippen LogP contribution in [0.4, 0.5) is 5.82 Å². The van der Waals surface area contributed by atoms with E-state index >= 15 is 0 Å². The number of nitrogens with zero attached hydrogens (tertiary/aromatic N) is 2. The molecular weight excluding hydrogens is 438 g/mol. The van der Waals surface area contributed by atoms with Crippen LogP contribution in [0, 0.1) is 12.8 Å². The van der Waals surface area contributed by atoms with Crippen LogP contribution in [0.25, 0.3) is 11.1 Å². The van der Waals surface area contributed by atoms with Gasteiger partial charge in [0.05, 0.1) is 5.02 Å². The van der Waals surface area contributed by atoms with Gasteiger partial charge in [-0.15, -0.1) is 0 Å². The molecule has 1 aromatic heterocycles. The highest BCUT2D eigenvalue weighted by Crippen LogP contribution is 2.30. The maximum atomic E-state index is 12.6. The molecule has 0 aliphatic carbocycles. The predicted molar refractivity (Wildman–Crippen MR) is 129 cm³/mol. The first kappa shape index (κ1) is 22.8. The van der Waals surface area contributed by atoms with E-state index in [2.05, 4.69) is 10.3 Å². The van der Waals surface area contributed by atoms with E-state index in [1.54, 1.807) is 17.2 Å². The number of benzene rings is 2. The van der Waals surface area contributed by atoms with Crippen LogP contribution in [0.15, 0.2) is 66.9 Å². The van der Waals surface area contributed by atoms with Crippen molar-refractivity contribution in [3.8, 4) is 16.9 Å². The average Bonchev–Trinajstić information content (AvgIpc) is 2.83. The highest BCUT2D eigenvalue weighted by atomic mass is 35.5. The molecule has 33 heavy (non-hydrogen) atoms. The molecule has 170 valence electrons. The Hall–Kier alpha value is -3.38. The minimum absolute atomic E-state index is 0.0539. The summed E-state index contributed by atoms with van der Waals surface area (Å²) in [6.07, 6.45) is 2.89. The Morgan fingerprint density at radius 2 is 1.82 bits per heavy atom. The normalized spacial score (nSPS) is 14.1. The highest BCUT2D eigenvalue weighted by molar-refractivity contribution is 6.32. The van der Waals surface area contributed by atoms with E-state index in [0.717, 1.165) is 16.7 Å². The summed E-state index contributed by atoms with van der Waals surface area (Å²) in [6, 6.07) is 19.2. The first-order valence-corrected chi connectivity index (χ1v) is 11.4. The topological polar surface area (TPSA) is 71.5 Å². The Morgan fingerprint density at radius 3 is 2.52 bits per heavy atom. The summed E-state index contributed by atoms with van der Waals surface area (Å²) in [6.45, 7) is 2.90. The molecule has 0 spiro atoms. The molecular formula is C26H26ClN3O3. The van der Waals surface area contributed by atoms with Gasteiger partial charge in [0.15, 0.2) is 6.61 Å². The third-order valence-corrected chi connectivity index (χ3v) is 6.07. The Bertz CT molecular complexity index is 1130. The number of hydrogen-bond donors (Lipinski definition) is 1. The Kier molecular flexibility index (Phi) is 7.25. The maximum Gasteiger partial charge on any atom is 0.260 e. The van der Waals surface area contributed by atoms with Crippen LogP contribution in [0.2, 0.25) is 5.02 Å². The summed E-state index contributed by atoms with van der Waals surface area (Å²) >= 11 is 6.38. The molecule has 1 aliphatic rings. The zero-order valence-corrected chi connectivity index (χ0v) is 19.2. The van der Waals surface area contributed by atoms with E-state index in [1.165, 1.54) is 0 Å². The van der Waals surface area contributed by atoms with Crippen molar-refractivity contribution in [3.05, 3.63) is 77.4 Å². The molecule has 1 saturated heterocycles. The van der Waals surface area contributed by atoms with Crippen LogP contribution in [0.1, 0.15) is 18.4 Å². The fourth-order valence-electron chi connectivity index (χ4n) is 3.88. The standard InChI is InChI=1S/C26H26ClN3O3/c1-18-9-12-28-24(15-18)29-26(32)20-10-13-30(14-11-20)25(31)17-33-23-8-7-21(16-22(23)27)19-5-3-2-4-6-19/h2-9,12,15-16,20H,10-11,13-14,17H2,1H3,(H,28,29,32). The van der Waals surface area contributed by atoms with Gasteiger partial charge < -0.3 is 15.0 Å². The lowest BCUT2D eigenvalue weighted by Crippen LogP contribution is -2.43. The van der Waals surface area contributed by atoms with Crippen molar-refractivity contribution in [1.29, 1.82) is 0 Å². The van der Waals surface area contributed by atoms with Crippen molar-refractivity contribution in [1.82, 2.24) is 9.88 Å². The number of nitrogens with one attached hydrogen (secondary N) is 1. The highest BCUT2D eigenvalue weighted by Gasteiger charge is 2.27. The molecule has 1 fully saturated rings. The minimum Gasteiger partial charge on any atom is -0.482 e. The van der Waals surface area contributed by atoms with Gasteiger partial charge in [-0.2, -0.15) is 0 Å². The molecule has 2 aromatic carbocycles. The number of rotatable bonds is 6. The van der Waals surface area contributed by atoms with E-state index in [-0.39, 0.29) is 24.3 Å². The molecule has 7 heteroatoms. The molecule has 0 unspecified atom stereocenters. The van der Waals surface area contributed by atoms with E-state index < -0.39 is 0 Å². The summed E-state index contributed by atoms with van der Waals surface area (Å²) in [5, 5.41) is 3.34. The number of carbonyl (C=O) groups is 2. The van der Waals surface area contributed by atoms with Crippen LogP contribution in [-0.2, 0) is 9.59 Å².